The number of hydrogen-bond donors (Lipinski definition) is 1. The summed E-state index contributed by atoms with van der Waals surface area (Å²) < 4.78 is 31.9. The second kappa shape index (κ2) is 12.4. The Kier molecular flexibility index (Phi) is 8.35. The average Bonchev–Trinajstić information content (AvgIpc) is 3.68. The Bertz CT molecular complexity index is 1830. The van der Waals surface area contributed by atoms with Gasteiger partial charge in [-0.1, -0.05) is 53.5 Å². The van der Waals surface area contributed by atoms with Crippen molar-refractivity contribution < 1.29 is 13.9 Å². The van der Waals surface area contributed by atoms with E-state index in [1.807, 2.05) is 72.9 Å². The van der Waals surface area contributed by atoms with Gasteiger partial charge in [-0.2, -0.15) is 10.2 Å². The fraction of sp³-hybridized carbons (Fsp3) is 0.182. The third kappa shape index (κ3) is 6.31. The summed E-state index contributed by atoms with van der Waals surface area (Å²) in [5.74, 6) is -1.60. The van der Waals surface area contributed by atoms with E-state index in [-0.39, 0.29) is 12.1 Å². The van der Waals surface area contributed by atoms with Crippen LogP contribution < -0.4 is 4.90 Å². The van der Waals surface area contributed by atoms with Gasteiger partial charge in [-0.25, -0.2) is 18.4 Å². The first kappa shape index (κ1) is 29.7. The minimum absolute atomic E-state index is 0.0701. The van der Waals surface area contributed by atoms with Gasteiger partial charge >= 0.3 is 0 Å². The monoisotopic (exact) mass is 632 g/mol. The molecule has 6 aromatic rings. The van der Waals surface area contributed by atoms with Crippen LogP contribution in [0, 0.1) is 11.6 Å². The molecular formula is C33H28Cl2F2N6O. The second-order valence-electron chi connectivity index (χ2n) is 10.8. The van der Waals surface area contributed by atoms with E-state index in [2.05, 4.69) is 15.0 Å². The highest BCUT2D eigenvalue weighted by Gasteiger charge is 2.41. The van der Waals surface area contributed by atoms with Crippen LogP contribution in [0.2, 0.25) is 10.0 Å². The van der Waals surface area contributed by atoms with Crippen molar-refractivity contribution in [3.8, 4) is 0 Å². The molecule has 0 bridgehead atoms. The lowest BCUT2D eigenvalue weighted by Crippen LogP contribution is -2.40. The molecule has 6 rings (SSSR count). The lowest BCUT2D eigenvalue weighted by molar-refractivity contribution is -0.0366. The molecule has 0 fully saturated rings. The van der Waals surface area contributed by atoms with Crippen LogP contribution in [0.3, 0.4) is 0 Å². The van der Waals surface area contributed by atoms with Crippen molar-refractivity contribution in [2.75, 3.05) is 4.90 Å². The van der Waals surface area contributed by atoms with E-state index in [1.165, 1.54) is 23.4 Å². The molecule has 0 saturated carbocycles. The Hall–Kier alpha value is -4.31. The largest absolute Gasteiger partial charge is 0.381 e. The Morgan fingerprint density at radius 3 is 2.14 bits per heavy atom. The molecule has 0 aliphatic rings. The van der Waals surface area contributed by atoms with Crippen LogP contribution in [0.5, 0.6) is 0 Å². The molecule has 11 heteroatoms. The number of fused-ring (bicyclic) bond motifs is 1. The van der Waals surface area contributed by atoms with Gasteiger partial charge in [0.1, 0.15) is 29.9 Å². The SMILES string of the molecule is C[C@@H](n1cc2cc(N(Cc3ccc(Cl)cc3)Cc3ccc(Cl)cc3)ccc2n1)[C@](O)(Cn1cncn1)c1ccc(F)cc1F. The van der Waals surface area contributed by atoms with Crippen molar-refractivity contribution in [2.24, 2.45) is 0 Å². The molecule has 2 heterocycles. The zero-order valence-electron chi connectivity index (χ0n) is 23.7. The molecule has 1 N–H and O–H groups in total. The number of aliphatic hydroxyl groups is 1. The van der Waals surface area contributed by atoms with Gasteiger partial charge in [-0.15, -0.1) is 0 Å². The topological polar surface area (TPSA) is 72.0 Å². The molecule has 4 aromatic carbocycles. The van der Waals surface area contributed by atoms with Crippen LogP contribution in [0.1, 0.15) is 29.7 Å². The number of hydrogen-bond acceptors (Lipinski definition) is 5. The van der Waals surface area contributed by atoms with Crippen molar-refractivity contribution in [1.82, 2.24) is 24.5 Å². The lowest BCUT2D eigenvalue weighted by atomic mass is 9.86. The molecule has 0 aliphatic heterocycles. The molecule has 44 heavy (non-hydrogen) atoms. The fourth-order valence-electron chi connectivity index (χ4n) is 5.35. The minimum Gasteiger partial charge on any atom is -0.381 e. The highest BCUT2D eigenvalue weighted by atomic mass is 35.5. The normalized spacial score (nSPS) is 13.6. The van der Waals surface area contributed by atoms with Gasteiger partial charge in [-0.3, -0.25) is 4.68 Å². The van der Waals surface area contributed by atoms with Crippen LogP contribution in [-0.2, 0) is 25.2 Å². The summed E-state index contributed by atoms with van der Waals surface area (Å²) in [5.41, 5.74) is 1.92. The van der Waals surface area contributed by atoms with E-state index in [0.29, 0.717) is 28.7 Å². The van der Waals surface area contributed by atoms with Crippen molar-refractivity contribution in [2.45, 2.75) is 38.2 Å². The van der Waals surface area contributed by atoms with E-state index in [1.54, 1.807) is 11.6 Å². The number of halogens is 4. The third-order valence-corrected chi connectivity index (χ3v) is 8.30. The number of benzene rings is 4. The van der Waals surface area contributed by atoms with Gasteiger partial charge < -0.3 is 10.0 Å². The molecule has 0 saturated heterocycles. The van der Waals surface area contributed by atoms with E-state index >= 15 is 4.39 Å². The molecule has 0 spiro atoms. The van der Waals surface area contributed by atoms with Gasteiger partial charge in [0.25, 0.3) is 0 Å². The molecule has 0 unspecified atom stereocenters. The van der Waals surface area contributed by atoms with E-state index in [9.17, 15) is 9.50 Å². The number of rotatable bonds is 10. The Morgan fingerprint density at radius 1 is 0.886 bits per heavy atom. The maximum atomic E-state index is 15.1. The summed E-state index contributed by atoms with van der Waals surface area (Å²) in [7, 11) is 0. The van der Waals surface area contributed by atoms with Crippen molar-refractivity contribution in [3.63, 3.8) is 0 Å². The molecular weight excluding hydrogens is 605 g/mol. The van der Waals surface area contributed by atoms with Crippen LogP contribution in [0.15, 0.2) is 104 Å². The summed E-state index contributed by atoms with van der Waals surface area (Å²) in [4.78, 5) is 6.18. The fourth-order valence-corrected chi connectivity index (χ4v) is 5.60. The second-order valence-corrected chi connectivity index (χ2v) is 11.7. The molecule has 0 aliphatic carbocycles. The van der Waals surface area contributed by atoms with Crippen molar-refractivity contribution >= 4 is 39.8 Å². The van der Waals surface area contributed by atoms with Gasteiger partial charge in [0, 0.05) is 52.0 Å². The first-order valence-corrected chi connectivity index (χ1v) is 14.7. The summed E-state index contributed by atoms with van der Waals surface area (Å²) in [6.45, 7) is 2.85. The van der Waals surface area contributed by atoms with Gasteiger partial charge in [0.2, 0.25) is 0 Å². The maximum Gasteiger partial charge on any atom is 0.137 e. The summed E-state index contributed by atoms with van der Waals surface area (Å²) in [5, 5.41) is 23.1. The molecule has 224 valence electrons. The first-order valence-electron chi connectivity index (χ1n) is 13.9. The number of nitrogens with zero attached hydrogens (tertiary/aromatic N) is 6. The lowest BCUT2D eigenvalue weighted by Gasteiger charge is -2.34. The van der Waals surface area contributed by atoms with Gasteiger partial charge in [-0.05, 0) is 66.6 Å². The molecule has 7 nitrogen and oxygen atoms in total. The Morgan fingerprint density at radius 2 is 1.55 bits per heavy atom. The summed E-state index contributed by atoms with van der Waals surface area (Å²) >= 11 is 12.3. The highest BCUT2D eigenvalue weighted by molar-refractivity contribution is 6.30. The third-order valence-electron chi connectivity index (χ3n) is 7.80. The van der Waals surface area contributed by atoms with Crippen LogP contribution in [0.4, 0.5) is 14.5 Å². The molecule has 2 aromatic heterocycles. The average molecular weight is 634 g/mol. The molecule has 0 amide bonds. The van der Waals surface area contributed by atoms with E-state index < -0.39 is 23.3 Å². The predicted octanol–water partition coefficient (Wildman–Crippen LogP) is 7.57. The van der Waals surface area contributed by atoms with Crippen molar-refractivity contribution in [3.05, 3.63) is 142 Å². The van der Waals surface area contributed by atoms with Crippen molar-refractivity contribution in [1.29, 1.82) is 0 Å². The van der Waals surface area contributed by atoms with E-state index in [0.717, 1.165) is 34.3 Å². The Balaban J connectivity index is 1.36. The van der Waals surface area contributed by atoms with Crippen LogP contribution >= 0.6 is 23.2 Å². The van der Waals surface area contributed by atoms with Crippen LogP contribution in [-0.4, -0.2) is 29.7 Å². The predicted molar refractivity (Wildman–Crippen MR) is 168 cm³/mol. The first-order chi connectivity index (χ1) is 21.2. The summed E-state index contributed by atoms with van der Waals surface area (Å²) in [6.07, 6.45) is 4.58. The van der Waals surface area contributed by atoms with Gasteiger partial charge in [0.15, 0.2) is 0 Å². The maximum absolute atomic E-state index is 15.1. The Labute approximate surface area is 262 Å². The smallest absolute Gasteiger partial charge is 0.137 e. The minimum atomic E-state index is -1.84. The number of anilines is 1. The summed E-state index contributed by atoms with van der Waals surface area (Å²) in [6, 6.07) is 23.8. The zero-order chi connectivity index (χ0) is 30.8. The van der Waals surface area contributed by atoms with E-state index in [4.69, 9.17) is 28.3 Å². The molecule has 0 radical (unpaired) electrons. The number of aromatic nitrogens is 5. The van der Waals surface area contributed by atoms with Crippen LogP contribution in [0.25, 0.3) is 10.9 Å². The quantitative estimate of drug-likeness (QED) is 0.169. The standard InChI is InChI=1S/C33H28Cl2F2N6O/c1-22(33(44,19-42-21-38-20-39-42)30-12-10-28(36)15-31(30)37)43-18-25-14-29(11-13-32(25)40-43)41(16-23-2-6-26(34)7-3-23)17-24-4-8-27(35)9-5-24/h2-15,18,20-22,44H,16-17,19H2,1H3/t22-,33-/m1/s1. The molecule has 2 atom stereocenters. The zero-order valence-corrected chi connectivity index (χ0v) is 25.2. The van der Waals surface area contributed by atoms with Gasteiger partial charge in [0.05, 0.1) is 18.1 Å². The highest BCUT2D eigenvalue weighted by Crippen LogP contribution is 2.37.